The zero-order valence-corrected chi connectivity index (χ0v) is 16.0. The number of hydrogen-bond acceptors (Lipinski definition) is 2. The first-order valence-corrected chi connectivity index (χ1v) is 9.85. The first-order chi connectivity index (χ1) is 13.2. The fourth-order valence-corrected chi connectivity index (χ4v) is 4.05. The topological polar surface area (TPSA) is 32.3 Å². The van der Waals surface area contributed by atoms with Crippen molar-refractivity contribution in [1.29, 1.82) is 0 Å². The molecular weight excluding hydrogens is 356 g/mol. The molecule has 1 amide bonds. The first kappa shape index (κ1) is 18.0. The Morgan fingerprint density at radius 2 is 1.67 bits per heavy atom. The number of halogens is 1. The van der Waals surface area contributed by atoms with E-state index in [1.165, 1.54) is 29.2 Å². The number of carbonyl (C=O) groups is 1. The van der Waals surface area contributed by atoms with Gasteiger partial charge in [-0.2, -0.15) is 0 Å². The van der Waals surface area contributed by atoms with Gasteiger partial charge in [0.05, 0.1) is 6.04 Å². The number of amides is 1. The molecule has 27 heavy (non-hydrogen) atoms. The largest absolute Gasteiger partial charge is 0.350 e. The molecule has 138 valence electrons. The van der Waals surface area contributed by atoms with Crippen molar-refractivity contribution in [3.8, 4) is 0 Å². The predicted octanol–water partition coefficient (Wildman–Crippen LogP) is 5.06. The van der Waals surface area contributed by atoms with Crippen LogP contribution in [0.3, 0.4) is 0 Å². The van der Waals surface area contributed by atoms with Crippen molar-refractivity contribution in [1.82, 2.24) is 10.2 Å². The molecule has 1 atom stereocenters. The molecular formula is C23H23ClN2O. The van der Waals surface area contributed by atoms with Crippen LogP contribution < -0.4 is 5.32 Å². The minimum atomic E-state index is -0.0592. The molecule has 0 saturated carbocycles. The van der Waals surface area contributed by atoms with Gasteiger partial charge in [-0.15, -0.1) is 0 Å². The molecule has 0 bridgehead atoms. The highest BCUT2D eigenvalue weighted by Crippen LogP contribution is 2.30. The van der Waals surface area contributed by atoms with E-state index >= 15 is 0 Å². The lowest BCUT2D eigenvalue weighted by Crippen LogP contribution is -2.36. The van der Waals surface area contributed by atoms with E-state index in [0.717, 1.165) is 13.1 Å². The number of likely N-dealkylation sites (tertiary alicyclic amines) is 1. The highest BCUT2D eigenvalue weighted by atomic mass is 35.5. The SMILES string of the molecule is O=C(NC[C@H](c1cccc2ccccc12)N1CCCC1)c1ccc(Cl)cc1. The summed E-state index contributed by atoms with van der Waals surface area (Å²) in [5.74, 6) is -0.0592. The van der Waals surface area contributed by atoms with Crippen molar-refractivity contribution in [2.75, 3.05) is 19.6 Å². The predicted molar refractivity (Wildman–Crippen MR) is 111 cm³/mol. The van der Waals surface area contributed by atoms with E-state index < -0.39 is 0 Å². The number of carbonyl (C=O) groups excluding carboxylic acids is 1. The Bertz CT molecular complexity index is 927. The Hall–Kier alpha value is -2.36. The molecule has 1 aliphatic heterocycles. The monoisotopic (exact) mass is 378 g/mol. The molecule has 0 spiro atoms. The van der Waals surface area contributed by atoms with Crippen LogP contribution in [0.25, 0.3) is 10.8 Å². The van der Waals surface area contributed by atoms with Gasteiger partial charge in [0.15, 0.2) is 0 Å². The van der Waals surface area contributed by atoms with Gasteiger partial charge in [0.25, 0.3) is 5.91 Å². The van der Waals surface area contributed by atoms with Gasteiger partial charge >= 0.3 is 0 Å². The lowest BCUT2D eigenvalue weighted by atomic mass is 9.97. The third-order valence-corrected chi connectivity index (χ3v) is 5.58. The number of rotatable bonds is 5. The second-order valence-electron chi connectivity index (χ2n) is 7.04. The summed E-state index contributed by atoms with van der Waals surface area (Å²) < 4.78 is 0. The van der Waals surface area contributed by atoms with E-state index in [9.17, 15) is 4.79 Å². The number of fused-ring (bicyclic) bond motifs is 1. The zero-order chi connectivity index (χ0) is 18.6. The number of benzene rings is 3. The lowest BCUT2D eigenvalue weighted by Gasteiger charge is -2.29. The van der Waals surface area contributed by atoms with Crippen LogP contribution in [0.5, 0.6) is 0 Å². The van der Waals surface area contributed by atoms with Crippen molar-refractivity contribution >= 4 is 28.3 Å². The summed E-state index contributed by atoms with van der Waals surface area (Å²) in [6.07, 6.45) is 2.43. The summed E-state index contributed by atoms with van der Waals surface area (Å²) in [7, 11) is 0. The van der Waals surface area contributed by atoms with Gasteiger partial charge < -0.3 is 5.32 Å². The molecule has 4 heteroatoms. The van der Waals surface area contributed by atoms with Crippen LogP contribution in [-0.2, 0) is 0 Å². The molecule has 0 aliphatic carbocycles. The number of hydrogen-bond donors (Lipinski definition) is 1. The number of nitrogens with one attached hydrogen (secondary N) is 1. The van der Waals surface area contributed by atoms with Crippen molar-refractivity contribution in [3.05, 3.63) is 82.9 Å². The maximum absolute atomic E-state index is 12.6. The maximum Gasteiger partial charge on any atom is 0.251 e. The smallest absolute Gasteiger partial charge is 0.251 e. The fourth-order valence-electron chi connectivity index (χ4n) is 3.92. The van der Waals surface area contributed by atoms with Crippen molar-refractivity contribution in [3.63, 3.8) is 0 Å². The molecule has 0 aromatic heterocycles. The Morgan fingerprint density at radius 1 is 0.963 bits per heavy atom. The van der Waals surface area contributed by atoms with Gasteiger partial charge in [0, 0.05) is 17.1 Å². The lowest BCUT2D eigenvalue weighted by molar-refractivity contribution is 0.0938. The molecule has 1 aliphatic rings. The Kier molecular flexibility index (Phi) is 5.42. The normalized spacial score (nSPS) is 15.7. The van der Waals surface area contributed by atoms with Crippen molar-refractivity contribution in [2.24, 2.45) is 0 Å². The molecule has 3 aromatic rings. The average Bonchev–Trinajstić information content (AvgIpc) is 3.23. The molecule has 1 saturated heterocycles. The van der Waals surface area contributed by atoms with Crippen LogP contribution >= 0.6 is 11.6 Å². The summed E-state index contributed by atoms with van der Waals surface area (Å²) in [6, 6.07) is 22.1. The van der Waals surface area contributed by atoms with E-state index in [4.69, 9.17) is 11.6 Å². The van der Waals surface area contributed by atoms with E-state index in [2.05, 4.69) is 52.7 Å². The van der Waals surface area contributed by atoms with Crippen LogP contribution in [0.1, 0.15) is 34.8 Å². The van der Waals surface area contributed by atoms with Gasteiger partial charge in [-0.1, -0.05) is 54.1 Å². The van der Waals surface area contributed by atoms with E-state index in [1.807, 2.05) is 0 Å². The molecule has 1 fully saturated rings. The van der Waals surface area contributed by atoms with Crippen LogP contribution in [-0.4, -0.2) is 30.4 Å². The molecule has 4 rings (SSSR count). The van der Waals surface area contributed by atoms with E-state index in [0.29, 0.717) is 17.1 Å². The maximum atomic E-state index is 12.6. The molecule has 0 radical (unpaired) electrons. The zero-order valence-electron chi connectivity index (χ0n) is 15.2. The van der Waals surface area contributed by atoms with Gasteiger partial charge in [-0.25, -0.2) is 0 Å². The highest BCUT2D eigenvalue weighted by molar-refractivity contribution is 6.30. The quantitative estimate of drug-likeness (QED) is 0.673. The van der Waals surface area contributed by atoms with Gasteiger partial charge in [-0.05, 0) is 66.5 Å². The van der Waals surface area contributed by atoms with Gasteiger partial charge in [-0.3, -0.25) is 9.69 Å². The summed E-state index contributed by atoms with van der Waals surface area (Å²) in [5, 5.41) is 6.27. The second-order valence-corrected chi connectivity index (χ2v) is 7.48. The van der Waals surface area contributed by atoms with E-state index in [-0.39, 0.29) is 11.9 Å². The van der Waals surface area contributed by atoms with Gasteiger partial charge in [0.2, 0.25) is 0 Å². The summed E-state index contributed by atoms with van der Waals surface area (Å²) in [6.45, 7) is 2.74. The van der Waals surface area contributed by atoms with Crippen LogP contribution in [0.4, 0.5) is 0 Å². The van der Waals surface area contributed by atoms with E-state index in [1.54, 1.807) is 24.3 Å². The van der Waals surface area contributed by atoms with Crippen LogP contribution in [0.15, 0.2) is 66.7 Å². The average molecular weight is 379 g/mol. The molecule has 3 nitrogen and oxygen atoms in total. The minimum absolute atomic E-state index is 0.0592. The van der Waals surface area contributed by atoms with Crippen molar-refractivity contribution in [2.45, 2.75) is 18.9 Å². The highest BCUT2D eigenvalue weighted by Gasteiger charge is 2.25. The molecule has 1 N–H and O–H groups in total. The van der Waals surface area contributed by atoms with Gasteiger partial charge in [0.1, 0.15) is 0 Å². The second kappa shape index (κ2) is 8.12. The first-order valence-electron chi connectivity index (χ1n) is 9.48. The minimum Gasteiger partial charge on any atom is -0.350 e. The summed E-state index contributed by atoms with van der Waals surface area (Å²) >= 11 is 5.93. The Balaban J connectivity index is 1.59. The third-order valence-electron chi connectivity index (χ3n) is 5.33. The van der Waals surface area contributed by atoms with Crippen LogP contribution in [0, 0.1) is 0 Å². The number of nitrogens with zero attached hydrogens (tertiary/aromatic N) is 1. The summed E-state index contributed by atoms with van der Waals surface area (Å²) in [5.41, 5.74) is 1.92. The summed E-state index contributed by atoms with van der Waals surface area (Å²) in [4.78, 5) is 15.1. The Morgan fingerprint density at radius 3 is 2.44 bits per heavy atom. The molecule has 1 heterocycles. The standard InChI is InChI=1S/C23H23ClN2O/c24-19-12-10-18(11-13-19)23(27)25-16-22(26-14-3-4-15-26)21-9-5-7-17-6-1-2-8-20(17)21/h1-2,5-13,22H,3-4,14-16H2,(H,25,27)/t22-/m1/s1. The Labute approximate surface area is 164 Å². The van der Waals surface area contributed by atoms with Crippen LogP contribution in [0.2, 0.25) is 5.02 Å². The molecule has 3 aromatic carbocycles. The third kappa shape index (κ3) is 4.00. The molecule has 0 unspecified atom stereocenters. The fraction of sp³-hybridized carbons (Fsp3) is 0.261. The van der Waals surface area contributed by atoms with Crippen molar-refractivity contribution < 1.29 is 4.79 Å².